The minimum absolute atomic E-state index is 0.306. The summed E-state index contributed by atoms with van der Waals surface area (Å²) in [6.07, 6.45) is 0. The van der Waals surface area contributed by atoms with E-state index in [4.69, 9.17) is 11.6 Å². The zero-order valence-corrected chi connectivity index (χ0v) is 17.3. The Morgan fingerprint density at radius 1 is 1.12 bits per heavy atom. The molecule has 0 aliphatic heterocycles. The molecule has 132 valence electrons. The summed E-state index contributed by atoms with van der Waals surface area (Å²) < 4.78 is 2.23. The Hall–Kier alpha value is -1.30. The van der Waals surface area contributed by atoms with Crippen LogP contribution < -0.4 is 0 Å². The summed E-state index contributed by atoms with van der Waals surface area (Å²) in [6, 6.07) is 10.5. The van der Waals surface area contributed by atoms with Crippen molar-refractivity contribution in [3.05, 3.63) is 51.2 Å². The number of aromatic nitrogens is 3. The van der Waals surface area contributed by atoms with Gasteiger partial charge in [-0.2, -0.15) is 0 Å². The first-order chi connectivity index (χ1) is 12.0. The number of thioether (sulfide) groups is 1. The van der Waals surface area contributed by atoms with Crippen molar-refractivity contribution < 1.29 is 0 Å². The monoisotopic (exact) mass is 391 g/mol. The summed E-state index contributed by atoms with van der Waals surface area (Å²) >= 11 is 9.46. The van der Waals surface area contributed by atoms with E-state index in [-0.39, 0.29) is 0 Å². The molecule has 0 saturated carbocycles. The first kappa shape index (κ1) is 18.5. The number of hydrogen-bond acceptors (Lipinski definition) is 4. The summed E-state index contributed by atoms with van der Waals surface area (Å²) in [4.78, 5) is 1.38. The highest BCUT2D eigenvalue weighted by Gasteiger charge is 2.18. The fraction of sp³-hybridized carbons (Fsp3) is 0.368. The van der Waals surface area contributed by atoms with E-state index in [1.165, 1.54) is 10.4 Å². The van der Waals surface area contributed by atoms with Gasteiger partial charge in [0.25, 0.3) is 0 Å². The highest BCUT2D eigenvalue weighted by molar-refractivity contribution is 7.98. The van der Waals surface area contributed by atoms with Gasteiger partial charge in [0.1, 0.15) is 0 Å². The minimum atomic E-state index is 0.306. The van der Waals surface area contributed by atoms with Crippen molar-refractivity contribution in [1.82, 2.24) is 14.8 Å². The standard InChI is InChI=1S/C19H22ClN3S2/c1-12(2)17-9-15(11-24-17)18-21-22-19(23(18)13(3)4)25-10-14-5-7-16(20)8-6-14/h5-9,11-13H,10H2,1-4H3. The Balaban J connectivity index is 1.85. The lowest BCUT2D eigenvalue weighted by atomic mass is 10.1. The molecule has 0 unspecified atom stereocenters. The van der Waals surface area contributed by atoms with E-state index in [9.17, 15) is 0 Å². The molecule has 25 heavy (non-hydrogen) atoms. The Labute approximate surface area is 162 Å². The highest BCUT2D eigenvalue weighted by Crippen LogP contribution is 2.33. The van der Waals surface area contributed by atoms with Gasteiger partial charge in [-0.05, 0) is 43.5 Å². The van der Waals surface area contributed by atoms with E-state index in [0.29, 0.717) is 12.0 Å². The van der Waals surface area contributed by atoms with Crippen LogP contribution in [0.25, 0.3) is 11.4 Å². The van der Waals surface area contributed by atoms with E-state index in [1.54, 1.807) is 23.1 Å². The van der Waals surface area contributed by atoms with Crippen molar-refractivity contribution in [3.8, 4) is 11.4 Å². The molecule has 0 atom stereocenters. The van der Waals surface area contributed by atoms with E-state index < -0.39 is 0 Å². The predicted molar refractivity (Wildman–Crippen MR) is 109 cm³/mol. The highest BCUT2D eigenvalue weighted by atomic mass is 35.5. The molecule has 0 fully saturated rings. The van der Waals surface area contributed by atoms with Gasteiger partial charge in [0.05, 0.1) is 0 Å². The molecule has 0 saturated heterocycles. The fourth-order valence-corrected chi connectivity index (χ4v) is 4.59. The van der Waals surface area contributed by atoms with Crippen molar-refractivity contribution in [3.63, 3.8) is 0 Å². The van der Waals surface area contributed by atoms with Crippen LogP contribution in [0.3, 0.4) is 0 Å². The summed E-state index contributed by atoms with van der Waals surface area (Å²) in [5.74, 6) is 2.34. The summed E-state index contributed by atoms with van der Waals surface area (Å²) in [6.45, 7) is 8.79. The molecule has 0 amide bonds. The fourth-order valence-electron chi connectivity index (χ4n) is 2.54. The molecule has 3 nitrogen and oxygen atoms in total. The van der Waals surface area contributed by atoms with Crippen LogP contribution in [0.2, 0.25) is 5.02 Å². The quantitative estimate of drug-likeness (QED) is 0.440. The lowest BCUT2D eigenvalue weighted by Gasteiger charge is -2.13. The van der Waals surface area contributed by atoms with Gasteiger partial charge in [-0.3, -0.25) is 4.57 Å². The first-order valence-corrected chi connectivity index (χ1v) is 10.6. The minimum Gasteiger partial charge on any atom is -0.299 e. The number of halogens is 1. The molecule has 3 rings (SSSR count). The molecule has 3 aromatic rings. The molecule has 6 heteroatoms. The van der Waals surface area contributed by atoms with Crippen molar-refractivity contribution in [2.45, 2.75) is 50.6 Å². The van der Waals surface area contributed by atoms with Gasteiger partial charge in [-0.25, -0.2) is 0 Å². The number of benzene rings is 1. The third-order valence-electron chi connectivity index (χ3n) is 3.91. The van der Waals surface area contributed by atoms with E-state index in [2.05, 4.69) is 66.0 Å². The average molecular weight is 392 g/mol. The summed E-state index contributed by atoms with van der Waals surface area (Å²) in [5.41, 5.74) is 2.39. The molecule has 0 bridgehead atoms. The number of rotatable bonds is 6. The van der Waals surface area contributed by atoms with E-state index >= 15 is 0 Å². The predicted octanol–water partition coefficient (Wildman–Crippen LogP) is 6.66. The molecular weight excluding hydrogens is 370 g/mol. The zero-order chi connectivity index (χ0) is 18.0. The molecule has 0 aliphatic rings. The molecule has 0 radical (unpaired) electrons. The lowest BCUT2D eigenvalue weighted by molar-refractivity contribution is 0.555. The third kappa shape index (κ3) is 4.27. The first-order valence-electron chi connectivity index (χ1n) is 8.36. The molecule has 2 aromatic heterocycles. The lowest BCUT2D eigenvalue weighted by Crippen LogP contribution is -2.04. The van der Waals surface area contributed by atoms with Crippen LogP contribution >= 0.6 is 34.7 Å². The topological polar surface area (TPSA) is 30.7 Å². The molecular formula is C19H22ClN3S2. The van der Waals surface area contributed by atoms with Crippen molar-refractivity contribution in [1.29, 1.82) is 0 Å². The second-order valence-corrected chi connectivity index (χ2v) is 8.90. The van der Waals surface area contributed by atoms with Crippen LogP contribution in [0.5, 0.6) is 0 Å². The van der Waals surface area contributed by atoms with Gasteiger partial charge in [-0.1, -0.05) is 49.3 Å². The van der Waals surface area contributed by atoms with Crippen LogP contribution in [0, 0.1) is 0 Å². The third-order valence-corrected chi connectivity index (χ3v) is 6.41. The zero-order valence-electron chi connectivity index (χ0n) is 14.9. The van der Waals surface area contributed by atoms with E-state index in [1.807, 2.05) is 12.1 Å². The smallest absolute Gasteiger partial charge is 0.192 e. The van der Waals surface area contributed by atoms with Crippen LogP contribution in [0.1, 0.15) is 50.1 Å². The SMILES string of the molecule is CC(C)c1cc(-c2nnc(SCc3ccc(Cl)cc3)n2C(C)C)cs1. The molecule has 2 heterocycles. The maximum atomic E-state index is 5.96. The maximum absolute atomic E-state index is 5.96. The van der Waals surface area contributed by atoms with Gasteiger partial charge >= 0.3 is 0 Å². The Bertz CT molecular complexity index is 835. The largest absolute Gasteiger partial charge is 0.299 e. The number of thiophene rings is 1. The molecule has 1 aromatic carbocycles. The van der Waals surface area contributed by atoms with Gasteiger partial charge in [0.15, 0.2) is 11.0 Å². The second kappa shape index (κ2) is 7.94. The maximum Gasteiger partial charge on any atom is 0.192 e. The Morgan fingerprint density at radius 3 is 2.44 bits per heavy atom. The molecule has 0 spiro atoms. The van der Waals surface area contributed by atoms with Gasteiger partial charge in [0, 0.05) is 32.6 Å². The van der Waals surface area contributed by atoms with Gasteiger partial charge < -0.3 is 0 Å². The Kier molecular flexibility index (Phi) is 5.87. The summed E-state index contributed by atoms with van der Waals surface area (Å²) in [7, 11) is 0. The van der Waals surface area contributed by atoms with Crippen molar-refractivity contribution in [2.75, 3.05) is 0 Å². The van der Waals surface area contributed by atoms with Crippen molar-refractivity contribution >= 4 is 34.7 Å². The second-order valence-electron chi connectivity index (χ2n) is 6.58. The van der Waals surface area contributed by atoms with Crippen LogP contribution in [0.15, 0.2) is 40.9 Å². The van der Waals surface area contributed by atoms with Gasteiger partial charge in [0.2, 0.25) is 0 Å². The number of nitrogens with zero attached hydrogens (tertiary/aromatic N) is 3. The normalized spacial score (nSPS) is 11.6. The van der Waals surface area contributed by atoms with Crippen molar-refractivity contribution in [2.24, 2.45) is 0 Å². The number of hydrogen-bond donors (Lipinski definition) is 0. The average Bonchev–Trinajstić information content (AvgIpc) is 3.21. The molecule has 0 N–H and O–H groups in total. The van der Waals surface area contributed by atoms with Crippen LogP contribution in [0.4, 0.5) is 0 Å². The molecule has 0 aliphatic carbocycles. The summed E-state index contributed by atoms with van der Waals surface area (Å²) in [5, 5.41) is 12.8. The van der Waals surface area contributed by atoms with Crippen LogP contribution in [-0.2, 0) is 5.75 Å². The Morgan fingerprint density at radius 2 is 1.84 bits per heavy atom. The van der Waals surface area contributed by atoms with Crippen LogP contribution in [-0.4, -0.2) is 14.8 Å². The van der Waals surface area contributed by atoms with E-state index in [0.717, 1.165) is 27.3 Å². The van der Waals surface area contributed by atoms with Gasteiger partial charge in [-0.15, -0.1) is 21.5 Å².